The Balaban J connectivity index is 1.62. The molecular weight excluding hydrogens is 291 g/mol. The molecule has 0 amide bonds. The quantitative estimate of drug-likeness (QED) is 0.946. The van der Waals surface area contributed by atoms with Gasteiger partial charge in [-0.3, -0.25) is 9.58 Å². The van der Waals surface area contributed by atoms with Crippen molar-refractivity contribution in [3.63, 3.8) is 0 Å². The molecule has 4 heterocycles. The van der Waals surface area contributed by atoms with Crippen LogP contribution in [-0.2, 0) is 7.05 Å². The summed E-state index contributed by atoms with van der Waals surface area (Å²) in [4.78, 5) is 2.54. The third-order valence-corrected chi connectivity index (χ3v) is 5.59. The Labute approximate surface area is 136 Å². The number of hydrogen-bond acceptors (Lipinski definition) is 3. The Morgan fingerprint density at radius 3 is 2.74 bits per heavy atom. The molecule has 0 saturated carbocycles. The molecule has 122 valence electrons. The predicted molar refractivity (Wildman–Crippen MR) is 88.5 cm³/mol. The molecule has 1 aromatic carbocycles. The maximum Gasteiger partial charge on any atom is 0.123 e. The Hall–Kier alpha value is -1.72. The van der Waals surface area contributed by atoms with Gasteiger partial charge in [-0.2, -0.15) is 5.10 Å². The summed E-state index contributed by atoms with van der Waals surface area (Å²) in [6, 6.07) is 9.30. The third kappa shape index (κ3) is 2.58. The van der Waals surface area contributed by atoms with Crippen molar-refractivity contribution < 1.29 is 4.39 Å². The van der Waals surface area contributed by atoms with Gasteiger partial charge in [-0.05, 0) is 55.6 Å². The van der Waals surface area contributed by atoms with E-state index in [1.54, 1.807) is 12.1 Å². The van der Waals surface area contributed by atoms with E-state index in [2.05, 4.69) is 16.1 Å². The number of hydrogen-bond donors (Lipinski definition) is 1. The molecule has 3 saturated heterocycles. The highest BCUT2D eigenvalue weighted by Gasteiger charge is 2.41. The largest absolute Gasteiger partial charge is 0.329 e. The first-order valence-corrected chi connectivity index (χ1v) is 8.39. The minimum atomic E-state index is -0.213. The van der Waals surface area contributed by atoms with Gasteiger partial charge in [-0.1, -0.05) is 0 Å². The number of aryl methyl sites for hydroxylation is 1. The lowest BCUT2D eigenvalue weighted by molar-refractivity contribution is 0.0322. The van der Waals surface area contributed by atoms with Crippen LogP contribution in [-0.4, -0.2) is 40.4 Å². The summed E-state index contributed by atoms with van der Waals surface area (Å²) in [6.07, 6.45) is 2.44. The fraction of sp³-hybridized carbons (Fsp3) is 0.500. The molecule has 2 bridgehead atoms. The fourth-order valence-corrected chi connectivity index (χ4v) is 4.31. The zero-order valence-electron chi connectivity index (χ0n) is 13.5. The minimum Gasteiger partial charge on any atom is -0.329 e. The molecule has 0 radical (unpaired) electrons. The molecule has 3 aliphatic rings. The van der Waals surface area contributed by atoms with Crippen LogP contribution in [0.25, 0.3) is 11.3 Å². The standard InChI is InChI=1S/C18H23FN4/c1-22-18(9-17(21-22)12-2-4-14(19)5-3-12)16-11-23-7-6-13(16)8-15(23)10-20/h2-5,9,13,15-16H,6-8,10-11,20H2,1H3/t13-,15+,16-/m0/s1. The van der Waals surface area contributed by atoms with Crippen molar-refractivity contribution >= 4 is 0 Å². The van der Waals surface area contributed by atoms with Crippen LogP contribution < -0.4 is 5.73 Å². The van der Waals surface area contributed by atoms with Gasteiger partial charge in [0.25, 0.3) is 0 Å². The topological polar surface area (TPSA) is 47.1 Å². The molecular formula is C18H23FN4. The van der Waals surface area contributed by atoms with Crippen molar-refractivity contribution in [1.82, 2.24) is 14.7 Å². The smallest absolute Gasteiger partial charge is 0.123 e. The van der Waals surface area contributed by atoms with Gasteiger partial charge >= 0.3 is 0 Å². The summed E-state index contributed by atoms with van der Waals surface area (Å²) in [7, 11) is 2.01. The van der Waals surface area contributed by atoms with Crippen LogP contribution in [0.15, 0.2) is 30.3 Å². The van der Waals surface area contributed by atoms with Gasteiger partial charge < -0.3 is 5.73 Å². The van der Waals surface area contributed by atoms with Crippen molar-refractivity contribution in [3.05, 3.63) is 41.8 Å². The van der Waals surface area contributed by atoms with Gasteiger partial charge in [0.1, 0.15) is 5.82 Å². The molecule has 4 atom stereocenters. The van der Waals surface area contributed by atoms with E-state index < -0.39 is 0 Å². The number of fused-ring (bicyclic) bond motifs is 3. The first kappa shape index (κ1) is 14.8. The van der Waals surface area contributed by atoms with Gasteiger partial charge in [0.05, 0.1) is 5.69 Å². The van der Waals surface area contributed by atoms with E-state index in [4.69, 9.17) is 5.73 Å². The molecule has 0 aliphatic carbocycles. The van der Waals surface area contributed by atoms with E-state index in [9.17, 15) is 4.39 Å². The second kappa shape index (κ2) is 5.73. The lowest BCUT2D eigenvalue weighted by atomic mass is 9.74. The second-order valence-electron chi connectivity index (χ2n) is 6.86. The summed E-state index contributed by atoms with van der Waals surface area (Å²) in [6.45, 7) is 3.01. The Morgan fingerprint density at radius 2 is 2.09 bits per heavy atom. The van der Waals surface area contributed by atoms with E-state index >= 15 is 0 Å². The van der Waals surface area contributed by atoms with Crippen LogP contribution in [0.2, 0.25) is 0 Å². The summed E-state index contributed by atoms with van der Waals surface area (Å²) in [5, 5.41) is 4.66. The summed E-state index contributed by atoms with van der Waals surface area (Å²) in [5.41, 5.74) is 9.09. The van der Waals surface area contributed by atoms with Crippen LogP contribution in [0.3, 0.4) is 0 Å². The maximum atomic E-state index is 13.1. The van der Waals surface area contributed by atoms with Crippen LogP contribution in [0.5, 0.6) is 0 Å². The van der Waals surface area contributed by atoms with Gasteiger partial charge in [0.15, 0.2) is 0 Å². The van der Waals surface area contributed by atoms with E-state index in [1.807, 2.05) is 11.7 Å². The highest BCUT2D eigenvalue weighted by Crippen LogP contribution is 2.42. The first-order valence-electron chi connectivity index (χ1n) is 8.39. The summed E-state index contributed by atoms with van der Waals surface area (Å²) in [5.74, 6) is 1.01. The normalized spacial score (nSPS) is 29.9. The molecule has 1 aromatic heterocycles. The molecule has 4 nitrogen and oxygen atoms in total. The summed E-state index contributed by atoms with van der Waals surface area (Å²) >= 11 is 0. The average Bonchev–Trinajstić information content (AvgIpc) is 2.97. The number of aromatic nitrogens is 2. The number of nitrogens with zero attached hydrogens (tertiary/aromatic N) is 3. The van der Waals surface area contributed by atoms with Crippen LogP contribution >= 0.6 is 0 Å². The Kier molecular flexibility index (Phi) is 3.70. The lowest BCUT2D eigenvalue weighted by Crippen LogP contribution is -2.55. The summed E-state index contributed by atoms with van der Waals surface area (Å²) < 4.78 is 15.1. The minimum absolute atomic E-state index is 0.213. The lowest BCUT2D eigenvalue weighted by Gasteiger charge is -2.49. The Morgan fingerprint density at radius 1 is 1.30 bits per heavy atom. The van der Waals surface area contributed by atoms with Gasteiger partial charge in [-0.15, -0.1) is 0 Å². The SMILES string of the molecule is Cn1nc(-c2ccc(F)cc2)cc1[C@H]1CN2CC[C@H]1C[C@@H]2CN. The number of rotatable bonds is 3. The number of piperidine rings is 3. The predicted octanol–water partition coefficient (Wildman–Crippen LogP) is 2.36. The van der Waals surface area contributed by atoms with Crippen molar-refractivity contribution in [2.45, 2.75) is 24.8 Å². The maximum absolute atomic E-state index is 13.1. The monoisotopic (exact) mass is 314 g/mol. The van der Waals surface area contributed by atoms with Crippen LogP contribution in [0, 0.1) is 11.7 Å². The molecule has 5 heteroatoms. The van der Waals surface area contributed by atoms with Crippen LogP contribution in [0.1, 0.15) is 24.5 Å². The van der Waals surface area contributed by atoms with E-state index in [0.29, 0.717) is 17.9 Å². The van der Waals surface area contributed by atoms with Crippen molar-refractivity contribution in [2.24, 2.45) is 18.7 Å². The van der Waals surface area contributed by atoms with Crippen molar-refractivity contribution in [2.75, 3.05) is 19.6 Å². The molecule has 1 unspecified atom stereocenters. The zero-order chi connectivity index (χ0) is 16.0. The molecule has 2 aromatic rings. The zero-order valence-corrected chi connectivity index (χ0v) is 13.5. The number of halogens is 1. The molecule has 5 rings (SSSR count). The van der Waals surface area contributed by atoms with Gasteiger partial charge in [0, 0.05) is 43.4 Å². The van der Waals surface area contributed by atoms with E-state index in [-0.39, 0.29) is 5.82 Å². The highest BCUT2D eigenvalue weighted by atomic mass is 19.1. The average molecular weight is 314 g/mol. The third-order valence-electron chi connectivity index (χ3n) is 5.59. The number of benzene rings is 1. The Bertz CT molecular complexity index is 694. The second-order valence-corrected chi connectivity index (χ2v) is 6.86. The van der Waals surface area contributed by atoms with Crippen molar-refractivity contribution in [1.29, 1.82) is 0 Å². The first-order chi connectivity index (χ1) is 11.2. The molecule has 23 heavy (non-hydrogen) atoms. The van der Waals surface area contributed by atoms with E-state index in [1.165, 1.54) is 37.2 Å². The molecule has 2 N–H and O–H groups in total. The van der Waals surface area contributed by atoms with Gasteiger partial charge in [0.2, 0.25) is 0 Å². The molecule has 3 fully saturated rings. The molecule has 0 spiro atoms. The number of nitrogens with two attached hydrogens (primary N) is 1. The van der Waals surface area contributed by atoms with Gasteiger partial charge in [-0.25, -0.2) is 4.39 Å². The molecule has 3 aliphatic heterocycles. The van der Waals surface area contributed by atoms with E-state index in [0.717, 1.165) is 24.3 Å². The fourth-order valence-electron chi connectivity index (χ4n) is 4.31. The van der Waals surface area contributed by atoms with Crippen LogP contribution in [0.4, 0.5) is 4.39 Å². The highest BCUT2D eigenvalue weighted by molar-refractivity contribution is 5.59. The van der Waals surface area contributed by atoms with Crippen molar-refractivity contribution in [3.8, 4) is 11.3 Å².